The second kappa shape index (κ2) is 59.2. The number of carbonyl (C=O) groups excluding carboxylic acids is 2. The van der Waals surface area contributed by atoms with Crippen molar-refractivity contribution in [1.82, 2.24) is 5.32 Å². The van der Waals surface area contributed by atoms with E-state index in [-0.39, 0.29) is 18.5 Å². The summed E-state index contributed by atoms with van der Waals surface area (Å²) in [5, 5.41) is 23.0. The Balaban J connectivity index is 3.31. The van der Waals surface area contributed by atoms with E-state index < -0.39 is 12.1 Å². The van der Waals surface area contributed by atoms with E-state index in [1.807, 2.05) is 6.08 Å². The molecule has 0 spiro atoms. The molecule has 0 aliphatic carbocycles. The molecular formula is C63H123NO5. The highest BCUT2D eigenvalue weighted by Gasteiger charge is 2.18. The number of hydrogen-bond donors (Lipinski definition) is 3. The number of aliphatic hydroxyl groups excluding tert-OH is 2. The van der Waals surface area contributed by atoms with Gasteiger partial charge in [-0.1, -0.05) is 321 Å². The SMILES string of the molecule is CCCCCCCCCC/C=C/C(O)C(CO)NC(=O)CCCCCCCCCCCCCCCCCCCCCCCCCCCCCCOC(=O)CCCCCCCCCCCCCCCC. The van der Waals surface area contributed by atoms with Crippen LogP contribution in [-0.4, -0.2) is 47.4 Å². The summed E-state index contributed by atoms with van der Waals surface area (Å²) in [5.74, 6) is -0.0441. The number of aliphatic hydroxyl groups is 2. The van der Waals surface area contributed by atoms with Gasteiger partial charge in [-0.05, 0) is 32.1 Å². The molecule has 0 aromatic heterocycles. The van der Waals surface area contributed by atoms with Gasteiger partial charge < -0.3 is 20.3 Å². The molecule has 0 aliphatic rings. The molecule has 0 rings (SSSR count). The van der Waals surface area contributed by atoms with Crippen molar-refractivity contribution < 1.29 is 24.5 Å². The average molecular weight is 975 g/mol. The first-order valence-corrected chi connectivity index (χ1v) is 31.5. The number of allylic oxidation sites excluding steroid dienone is 1. The van der Waals surface area contributed by atoms with E-state index in [0.717, 1.165) is 38.5 Å². The lowest BCUT2D eigenvalue weighted by atomic mass is 10.0. The van der Waals surface area contributed by atoms with Crippen LogP contribution in [0.15, 0.2) is 12.2 Å². The maximum atomic E-state index is 12.4. The molecule has 0 fully saturated rings. The lowest BCUT2D eigenvalue weighted by Gasteiger charge is -2.20. The number of esters is 1. The first-order chi connectivity index (χ1) is 34.0. The Morgan fingerprint density at radius 2 is 0.667 bits per heavy atom. The minimum atomic E-state index is -0.839. The monoisotopic (exact) mass is 974 g/mol. The Labute approximate surface area is 431 Å². The number of carbonyl (C=O) groups is 2. The molecule has 0 aromatic carbocycles. The molecule has 0 aromatic rings. The van der Waals surface area contributed by atoms with Crippen molar-refractivity contribution >= 4 is 11.9 Å². The van der Waals surface area contributed by atoms with Crippen LogP contribution in [0.5, 0.6) is 0 Å². The largest absolute Gasteiger partial charge is 0.466 e. The Morgan fingerprint density at radius 1 is 0.391 bits per heavy atom. The maximum Gasteiger partial charge on any atom is 0.305 e. The molecular weight excluding hydrogens is 851 g/mol. The molecule has 69 heavy (non-hydrogen) atoms. The van der Waals surface area contributed by atoms with E-state index in [1.54, 1.807) is 6.08 Å². The molecule has 0 aliphatic heterocycles. The Morgan fingerprint density at radius 3 is 0.986 bits per heavy atom. The van der Waals surface area contributed by atoms with Crippen LogP contribution in [0.1, 0.15) is 354 Å². The molecule has 0 saturated carbocycles. The Hall–Kier alpha value is -1.40. The highest BCUT2D eigenvalue weighted by atomic mass is 16.5. The van der Waals surface area contributed by atoms with Gasteiger partial charge in [-0.25, -0.2) is 0 Å². The zero-order chi connectivity index (χ0) is 50.0. The number of amides is 1. The highest BCUT2D eigenvalue weighted by molar-refractivity contribution is 5.76. The van der Waals surface area contributed by atoms with Gasteiger partial charge in [-0.3, -0.25) is 9.59 Å². The molecule has 0 bridgehead atoms. The molecule has 2 unspecified atom stereocenters. The molecule has 410 valence electrons. The second-order valence-electron chi connectivity index (χ2n) is 21.8. The van der Waals surface area contributed by atoms with Gasteiger partial charge >= 0.3 is 5.97 Å². The number of nitrogens with one attached hydrogen (secondary N) is 1. The van der Waals surface area contributed by atoms with E-state index in [0.29, 0.717) is 19.4 Å². The van der Waals surface area contributed by atoms with Crippen LogP contribution in [0.3, 0.4) is 0 Å². The van der Waals surface area contributed by atoms with Crippen molar-refractivity contribution in [3.05, 3.63) is 12.2 Å². The normalized spacial score (nSPS) is 12.6. The Bertz CT molecular complexity index is 1030. The van der Waals surface area contributed by atoms with Gasteiger partial charge in [0, 0.05) is 12.8 Å². The molecule has 2 atom stereocenters. The number of unbranched alkanes of at least 4 members (excludes halogenated alkanes) is 48. The van der Waals surface area contributed by atoms with Crippen LogP contribution in [0.4, 0.5) is 0 Å². The topological polar surface area (TPSA) is 95.9 Å². The summed E-state index contributed by atoms with van der Waals surface area (Å²) in [6, 6.07) is -0.622. The molecule has 3 N–H and O–H groups in total. The lowest BCUT2D eigenvalue weighted by Crippen LogP contribution is -2.45. The fourth-order valence-corrected chi connectivity index (χ4v) is 9.99. The van der Waals surface area contributed by atoms with Crippen LogP contribution in [-0.2, 0) is 14.3 Å². The average Bonchev–Trinajstić information content (AvgIpc) is 3.35. The third kappa shape index (κ3) is 55.8. The molecule has 1 amide bonds. The number of rotatable bonds is 59. The first kappa shape index (κ1) is 67.6. The van der Waals surface area contributed by atoms with Crippen molar-refractivity contribution in [1.29, 1.82) is 0 Å². The summed E-state index contributed by atoms with van der Waals surface area (Å²) in [6.45, 7) is 4.91. The van der Waals surface area contributed by atoms with Gasteiger partial charge in [-0.2, -0.15) is 0 Å². The van der Waals surface area contributed by atoms with Crippen molar-refractivity contribution in [2.24, 2.45) is 0 Å². The lowest BCUT2D eigenvalue weighted by molar-refractivity contribution is -0.143. The predicted molar refractivity (Wildman–Crippen MR) is 301 cm³/mol. The van der Waals surface area contributed by atoms with Crippen molar-refractivity contribution in [2.75, 3.05) is 13.2 Å². The van der Waals surface area contributed by atoms with E-state index in [4.69, 9.17) is 4.74 Å². The minimum Gasteiger partial charge on any atom is -0.466 e. The van der Waals surface area contributed by atoms with Gasteiger partial charge in [0.25, 0.3) is 0 Å². The molecule has 0 saturated heterocycles. The molecule has 0 radical (unpaired) electrons. The summed E-state index contributed by atoms with van der Waals surface area (Å²) >= 11 is 0. The van der Waals surface area contributed by atoms with E-state index in [9.17, 15) is 19.8 Å². The van der Waals surface area contributed by atoms with Gasteiger partial charge in [0.2, 0.25) is 5.91 Å². The van der Waals surface area contributed by atoms with Crippen LogP contribution in [0, 0.1) is 0 Å². The predicted octanol–water partition coefficient (Wildman–Crippen LogP) is 19.6. The number of hydrogen-bond acceptors (Lipinski definition) is 5. The van der Waals surface area contributed by atoms with Crippen LogP contribution in [0.2, 0.25) is 0 Å². The quantitative estimate of drug-likeness (QED) is 0.0321. The minimum absolute atomic E-state index is 0.0211. The number of ether oxygens (including phenoxy) is 1. The van der Waals surface area contributed by atoms with Gasteiger partial charge in [0.1, 0.15) is 0 Å². The highest BCUT2D eigenvalue weighted by Crippen LogP contribution is 2.18. The zero-order valence-electron chi connectivity index (χ0n) is 46.8. The van der Waals surface area contributed by atoms with E-state index in [2.05, 4.69) is 19.2 Å². The Kier molecular flexibility index (Phi) is 58.0. The smallest absolute Gasteiger partial charge is 0.305 e. The summed E-state index contributed by atoms with van der Waals surface area (Å²) in [4.78, 5) is 24.5. The fourth-order valence-electron chi connectivity index (χ4n) is 9.99. The summed E-state index contributed by atoms with van der Waals surface area (Å²) < 4.78 is 5.49. The third-order valence-corrected chi connectivity index (χ3v) is 14.8. The van der Waals surface area contributed by atoms with Crippen LogP contribution in [0.25, 0.3) is 0 Å². The van der Waals surface area contributed by atoms with Crippen LogP contribution < -0.4 is 5.32 Å². The van der Waals surface area contributed by atoms with E-state index in [1.165, 1.54) is 289 Å². The summed E-state index contributed by atoms with van der Waals surface area (Å²) in [7, 11) is 0. The molecule has 0 heterocycles. The molecule has 6 heteroatoms. The van der Waals surface area contributed by atoms with Crippen molar-refractivity contribution in [2.45, 2.75) is 366 Å². The second-order valence-corrected chi connectivity index (χ2v) is 21.8. The zero-order valence-corrected chi connectivity index (χ0v) is 46.8. The van der Waals surface area contributed by atoms with Gasteiger partial charge in [0.15, 0.2) is 0 Å². The standard InChI is InChI=1S/C63H123NO5/c1-3-5-7-9-11-13-15-16-34-37-41-45-49-53-57-63(68)69-58-54-50-46-42-38-35-32-30-28-26-24-22-20-18-17-19-21-23-25-27-29-31-33-36-40-44-48-52-56-62(67)64-60(59-65)61(66)55-51-47-43-39-14-12-10-8-6-4-2/h51,55,60-61,65-66H,3-50,52-54,56-59H2,1-2H3,(H,64,67)/b55-51+. The van der Waals surface area contributed by atoms with Crippen molar-refractivity contribution in [3.8, 4) is 0 Å². The molecule has 6 nitrogen and oxygen atoms in total. The van der Waals surface area contributed by atoms with Gasteiger partial charge in [-0.15, -0.1) is 0 Å². The van der Waals surface area contributed by atoms with E-state index >= 15 is 0 Å². The van der Waals surface area contributed by atoms with Crippen molar-refractivity contribution in [3.63, 3.8) is 0 Å². The van der Waals surface area contributed by atoms with Crippen LogP contribution >= 0.6 is 0 Å². The first-order valence-electron chi connectivity index (χ1n) is 31.5. The maximum absolute atomic E-state index is 12.4. The summed E-state index contributed by atoms with van der Waals surface area (Å²) in [6.07, 6.45) is 71.3. The summed E-state index contributed by atoms with van der Waals surface area (Å²) in [5.41, 5.74) is 0. The fraction of sp³-hybridized carbons (Fsp3) is 0.937. The third-order valence-electron chi connectivity index (χ3n) is 14.8. The van der Waals surface area contributed by atoms with Gasteiger partial charge in [0.05, 0.1) is 25.4 Å².